The fourth-order valence-electron chi connectivity index (χ4n) is 1.91. The number of aliphatic hydroxyl groups is 1. The molecule has 0 saturated carbocycles. The van der Waals surface area contributed by atoms with Gasteiger partial charge in [-0.3, -0.25) is 9.59 Å². The van der Waals surface area contributed by atoms with E-state index in [9.17, 15) is 14.4 Å². The first-order chi connectivity index (χ1) is 10.7. The molecule has 0 saturated heterocycles. The zero-order valence-electron chi connectivity index (χ0n) is 14.2. The Hall–Kier alpha value is -1.67. The van der Waals surface area contributed by atoms with Crippen molar-refractivity contribution < 1.29 is 24.6 Å². The molecule has 0 aromatic heterocycles. The van der Waals surface area contributed by atoms with Crippen LogP contribution in [0.4, 0.5) is 0 Å². The van der Waals surface area contributed by atoms with Crippen LogP contribution in [0.2, 0.25) is 0 Å². The standard InChI is InChI=1S/C15H29N3O5/c1-5-8(3)11(16)13(20)18-12(9(4)6-2)14(21)17-10(7-19)15(22)23/h8-12,19H,5-7,16H2,1-4H3,(H,17,21)(H,18,20)(H,22,23)/t8-,9-,10-,11-,12-/m0/s1. The fraction of sp³-hybridized carbons (Fsp3) is 0.800. The molecule has 8 heteroatoms. The minimum atomic E-state index is -1.41. The third-order valence-corrected chi connectivity index (χ3v) is 4.15. The number of aliphatic hydroxyl groups excluding tert-OH is 1. The normalized spacial score (nSPS) is 17.5. The van der Waals surface area contributed by atoms with Gasteiger partial charge in [0, 0.05) is 0 Å². The van der Waals surface area contributed by atoms with Crippen molar-refractivity contribution in [3.63, 3.8) is 0 Å². The van der Waals surface area contributed by atoms with Gasteiger partial charge in [0.2, 0.25) is 11.8 Å². The molecule has 23 heavy (non-hydrogen) atoms. The number of amides is 2. The Morgan fingerprint density at radius 2 is 1.52 bits per heavy atom. The van der Waals surface area contributed by atoms with Gasteiger partial charge in [0.1, 0.15) is 12.1 Å². The first-order valence-electron chi connectivity index (χ1n) is 7.89. The Kier molecular flexibility index (Phi) is 9.43. The quantitative estimate of drug-likeness (QED) is 0.364. The van der Waals surface area contributed by atoms with E-state index >= 15 is 0 Å². The third-order valence-electron chi connectivity index (χ3n) is 4.15. The van der Waals surface area contributed by atoms with Gasteiger partial charge in [-0.05, 0) is 11.8 Å². The summed E-state index contributed by atoms with van der Waals surface area (Å²) in [6, 6.07) is -3.06. The van der Waals surface area contributed by atoms with Gasteiger partial charge in [0.05, 0.1) is 12.6 Å². The maximum absolute atomic E-state index is 12.3. The zero-order chi connectivity index (χ0) is 18.2. The number of aliphatic carboxylic acids is 1. The van der Waals surface area contributed by atoms with Crippen molar-refractivity contribution in [2.24, 2.45) is 17.6 Å². The van der Waals surface area contributed by atoms with Gasteiger partial charge in [0.15, 0.2) is 0 Å². The summed E-state index contributed by atoms with van der Waals surface area (Å²) in [5, 5.41) is 22.7. The Balaban J connectivity index is 5.05. The van der Waals surface area contributed by atoms with Gasteiger partial charge in [-0.25, -0.2) is 4.79 Å². The first-order valence-corrected chi connectivity index (χ1v) is 7.89. The molecule has 2 amide bonds. The largest absolute Gasteiger partial charge is 0.480 e. The van der Waals surface area contributed by atoms with Crippen molar-refractivity contribution in [2.75, 3.05) is 6.61 Å². The average molecular weight is 331 g/mol. The lowest BCUT2D eigenvalue weighted by molar-refractivity contribution is -0.143. The van der Waals surface area contributed by atoms with Crippen molar-refractivity contribution in [3.8, 4) is 0 Å². The first kappa shape index (κ1) is 21.3. The van der Waals surface area contributed by atoms with E-state index in [2.05, 4.69) is 10.6 Å². The number of hydrogen-bond acceptors (Lipinski definition) is 5. The van der Waals surface area contributed by atoms with Gasteiger partial charge >= 0.3 is 5.97 Å². The summed E-state index contributed by atoms with van der Waals surface area (Å²) in [5.74, 6) is -2.69. The van der Waals surface area contributed by atoms with E-state index in [-0.39, 0.29) is 11.8 Å². The lowest BCUT2D eigenvalue weighted by Crippen LogP contribution is -2.58. The van der Waals surface area contributed by atoms with E-state index in [0.29, 0.717) is 6.42 Å². The van der Waals surface area contributed by atoms with Crippen LogP contribution >= 0.6 is 0 Å². The molecule has 0 bridgehead atoms. The zero-order valence-corrected chi connectivity index (χ0v) is 14.2. The molecule has 0 aliphatic rings. The predicted molar refractivity (Wildman–Crippen MR) is 85.5 cm³/mol. The van der Waals surface area contributed by atoms with Crippen LogP contribution in [-0.2, 0) is 14.4 Å². The van der Waals surface area contributed by atoms with Crippen molar-refractivity contribution in [1.82, 2.24) is 10.6 Å². The van der Waals surface area contributed by atoms with Crippen LogP contribution in [0.1, 0.15) is 40.5 Å². The summed E-state index contributed by atoms with van der Waals surface area (Å²) in [6.45, 7) is 6.65. The van der Waals surface area contributed by atoms with E-state index in [1.165, 1.54) is 0 Å². The van der Waals surface area contributed by atoms with Crippen LogP contribution in [0, 0.1) is 11.8 Å². The summed E-state index contributed by atoms with van der Waals surface area (Å²) in [7, 11) is 0. The fourth-order valence-corrected chi connectivity index (χ4v) is 1.91. The van der Waals surface area contributed by atoms with E-state index in [0.717, 1.165) is 6.42 Å². The Morgan fingerprint density at radius 3 is 1.91 bits per heavy atom. The second kappa shape index (κ2) is 10.2. The number of carbonyl (C=O) groups is 3. The van der Waals surface area contributed by atoms with E-state index in [1.807, 2.05) is 20.8 Å². The van der Waals surface area contributed by atoms with Crippen LogP contribution in [0.5, 0.6) is 0 Å². The molecule has 0 aliphatic carbocycles. The van der Waals surface area contributed by atoms with E-state index in [1.54, 1.807) is 6.92 Å². The molecule has 0 radical (unpaired) electrons. The number of nitrogens with two attached hydrogens (primary N) is 1. The lowest BCUT2D eigenvalue weighted by atomic mass is 9.95. The third kappa shape index (κ3) is 6.54. The molecule has 0 heterocycles. The van der Waals surface area contributed by atoms with Crippen molar-refractivity contribution in [3.05, 3.63) is 0 Å². The number of hydrogen-bond donors (Lipinski definition) is 5. The highest BCUT2D eigenvalue weighted by molar-refractivity contribution is 5.92. The second-order valence-electron chi connectivity index (χ2n) is 5.87. The minimum Gasteiger partial charge on any atom is -0.480 e. The SMILES string of the molecule is CC[C@H](C)[C@H](N)C(=O)N[C@H](C(=O)N[C@@H](CO)C(=O)O)[C@@H](C)CC. The van der Waals surface area contributed by atoms with Crippen LogP contribution in [-0.4, -0.2) is 52.7 Å². The molecule has 0 rings (SSSR count). The van der Waals surface area contributed by atoms with Crippen molar-refractivity contribution >= 4 is 17.8 Å². The van der Waals surface area contributed by atoms with Crippen LogP contribution in [0.3, 0.4) is 0 Å². The molecule has 6 N–H and O–H groups in total. The number of rotatable bonds is 10. The minimum absolute atomic E-state index is 0.0418. The van der Waals surface area contributed by atoms with E-state index < -0.39 is 42.5 Å². The number of carboxylic acid groups (broad SMARTS) is 1. The molecule has 0 unspecified atom stereocenters. The number of carbonyl (C=O) groups excluding carboxylic acids is 2. The summed E-state index contributed by atoms with van der Waals surface area (Å²) in [4.78, 5) is 35.4. The van der Waals surface area contributed by atoms with Crippen molar-refractivity contribution in [2.45, 2.75) is 58.7 Å². The van der Waals surface area contributed by atoms with Gasteiger partial charge in [-0.1, -0.05) is 40.5 Å². The highest BCUT2D eigenvalue weighted by atomic mass is 16.4. The highest BCUT2D eigenvalue weighted by Crippen LogP contribution is 2.11. The monoisotopic (exact) mass is 331 g/mol. The maximum atomic E-state index is 12.3. The molecule has 134 valence electrons. The molecule has 0 aromatic carbocycles. The Morgan fingerprint density at radius 1 is 1.00 bits per heavy atom. The average Bonchev–Trinajstić information content (AvgIpc) is 2.54. The maximum Gasteiger partial charge on any atom is 0.328 e. The van der Waals surface area contributed by atoms with Gasteiger partial charge in [0.25, 0.3) is 0 Å². The molecule has 0 spiro atoms. The molecule has 0 fully saturated rings. The van der Waals surface area contributed by atoms with Gasteiger partial charge in [-0.15, -0.1) is 0 Å². The summed E-state index contributed by atoms with van der Waals surface area (Å²) < 4.78 is 0. The summed E-state index contributed by atoms with van der Waals surface area (Å²) in [6.07, 6.45) is 1.33. The van der Waals surface area contributed by atoms with Crippen molar-refractivity contribution in [1.29, 1.82) is 0 Å². The lowest BCUT2D eigenvalue weighted by Gasteiger charge is -2.27. The molecule has 0 aliphatic heterocycles. The number of nitrogens with one attached hydrogen (secondary N) is 2. The summed E-state index contributed by atoms with van der Waals surface area (Å²) >= 11 is 0. The van der Waals surface area contributed by atoms with Crippen LogP contribution in [0.15, 0.2) is 0 Å². The Bertz CT molecular complexity index is 416. The van der Waals surface area contributed by atoms with Gasteiger partial charge < -0.3 is 26.6 Å². The smallest absolute Gasteiger partial charge is 0.328 e. The summed E-state index contributed by atoms with van der Waals surface area (Å²) in [5.41, 5.74) is 5.86. The highest BCUT2D eigenvalue weighted by Gasteiger charge is 2.31. The van der Waals surface area contributed by atoms with E-state index in [4.69, 9.17) is 15.9 Å². The molecule has 5 atom stereocenters. The van der Waals surface area contributed by atoms with Gasteiger partial charge in [-0.2, -0.15) is 0 Å². The molecular formula is C15H29N3O5. The molecule has 8 nitrogen and oxygen atoms in total. The predicted octanol–water partition coefficient (Wildman–Crippen LogP) is -0.548. The Labute approximate surface area is 136 Å². The van der Waals surface area contributed by atoms with Crippen LogP contribution in [0.25, 0.3) is 0 Å². The number of carboxylic acids is 1. The molecule has 0 aromatic rings. The second-order valence-corrected chi connectivity index (χ2v) is 5.87. The van der Waals surface area contributed by atoms with Crippen LogP contribution < -0.4 is 16.4 Å². The molecular weight excluding hydrogens is 302 g/mol. The topological polar surface area (TPSA) is 142 Å².